The summed E-state index contributed by atoms with van der Waals surface area (Å²) in [7, 11) is 2.03. The van der Waals surface area contributed by atoms with Crippen molar-refractivity contribution in [2.75, 3.05) is 13.6 Å². The third kappa shape index (κ3) is 1.91. The molecule has 0 aromatic carbocycles. The van der Waals surface area contributed by atoms with Crippen LogP contribution in [-0.4, -0.2) is 35.6 Å². The van der Waals surface area contributed by atoms with E-state index in [9.17, 15) is 4.79 Å². The topological polar surface area (TPSA) is 40.5 Å². The van der Waals surface area contributed by atoms with E-state index in [1.54, 1.807) is 0 Å². The quantitative estimate of drug-likeness (QED) is 0.624. The molecule has 1 aliphatic heterocycles. The van der Waals surface area contributed by atoms with Crippen LogP contribution in [0.25, 0.3) is 0 Å². The zero-order valence-electron chi connectivity index (χ0n) is 8.45. The van der Waals surface area contributed by atoms with Crippen LogP contribution < -0.4 is 0 Å². The molecule has 1 heterocycles. The summed E-state index contributed by atoms with van der Waals surface area (Å²) in [5.41, 5.74) is 1.04. The second-order valence-corrected chi connectivity index (χ2v) is 3.62. The van der Waals surface area contributed by atoms with Gasteiger partial charge in [-0.3, -0.25) is 9.69 Å². The molecule has 74 valence electrons. The first-order chi connectivity index (χ1) is 6.07. The normalized spacial score (nSPS) is 33.6. The molecule has 0 amide bonds. The number of allylic oxidation sites excluding steroid dienone is 1. The third-order valence-electron chi connectivity index (χ3n) is 2.95. The summed E-state index contributed by atoms with van der Waals surface area (Å²) in [5, 5.41) is 8.98. The van der Waals surface area contributed by atoms with Crippen molar-refractivity contribution < 1.29 is 9.90 Å². The number of carboxylic acid groups (broad SMARTS) is 1. The van der Waals surface area contributed by atoms with Crippen LogP contribution in [0, 0.1) is 5.92 Å². The van der Waals surface area contributed by atoms with Gasteiger partial charge in [0.2, 0.25) is 0 Å². The van der Waals surface area contributed by atoms with Crippen molar-refractivity contribution in [2.24, 2.45) is 5.92 Å². The van der Waals surface area contributed by atoms with E-state index >= 15 is 0 Å². The number of likely N-dealkylation sites (tertiary alicyclic amines) is 1. The highest BCUT2D eigenvalue weighted by atomic mass is 16.4. The summed E-state index contributed by atoms with van der Waals surface area (Å²) >= 11 is 0. The van der Waals surface area contributed by atoms with E-state index in [1.165, 1.54) is 0 Å². The van der Waals surface area contributed by atoms with Gasteiger partial charge in [0, 0.05) is 6.04 Å². The van der Waals surface area contributed by atoms with Gasteiger partial charge in [-0.1, -0.05) is 6.08 Å². The number of carbonyl (C=O) groups is 1. The highest BCUT2D eigenvalue weighted by Gasteiger charge is 2.31. The van der Waals surface area contributed by atoms with Gasteiger partial charge in [0.25, 0.3) is 0 Å². The maximum absolute atomic E-state index is 10.9. The Morgan fingerprint density at radius 1 is 1.69 bits per heavy atom. The summed E-state index contributed by atoms with van der Waals surface area (Å²) in [5.74, 6) is -0.954. The molecule has 0 radical (unpaired) electrons. The van der Waals surface area contributed by atoms with E-state index in [0.717, 1.165) is 18.5 Å². The van der Waals surface area contributed by atoms with Crippen molar-refractivity contribution in [3.8, 4) is 0 Å². The summed E-state index contributed by atoms with van der Waals surface area (Å²) in [4.78, 5) is 13.1. The molecule has 0 aromatic rings. The Kier molecular flexibility index (Phi) is 3.09. The molecule has 0 bridgehead atoms. The molecule has 2 atom stereocenters. The van der Waals surface area contributed by atoms with Crippen molar-refractivity contribution in [1.82, 2.24) is 4.90 Å². The molecule has 1 aliphatic rings. The fourth-order valence-corrected chi connectivity index (χ4v) is 1.95. The average Bonchev–Trinajstić information content (AvgIpc) is 2.09. The molecule has 1 fully saturated rings. The fraction of sp³-hybridized carbons (Fsp3) is 0.700. The van der Waals surface area contributed by atoms with E-state index in [4.69, 9.17) is 5.11 Å². The first kappa shape index (κ1) is 10.3. The maximum atomic E-state index is 10.9. The number of piperidine rings is 1. The molecular formula is C10H17NO2. The molecule has 3 heteroatoms. The molecule has 0 spiro atoms. The Labute approximate surface area is 79.0 Å². The lowest BCUT2D eigenvalue weighted by Gasteiger charge is -2.35. The zero-order valence-corrected chi connectivity index (χ0v) is 8.45. The fourth-order valence-electron chi connectivity index (χ4n) is 1.95. The van der Waals surface area contributed by atoms with Gasteiger partial charge in [0.15, 0.2) is 0 Å². The van der Waals surface area contributed by atoms with E-state index < -0.39 is 5.97 Å². The summed E-state index contributed by atoms with van der Waals surface area (Å²) in [6.07, 6.45) is 2.68. The number of hydrogen-bond donors (Lipinski definition) is 1. The number of likely N-dealkylation sites (N-methyl/N-ethyl adjacent to an activating group) is 1. The molecule has 1 rings (SSSR count). The highest BCUT2D eigenvalue weighted by molar-refractivity contribution is 5.74. The van der Waals surface area contributed by atoms with Crippen LogP contribution in [0.15, 0.2) is 11.6 Å². The lowest BCUT2D eigenvalue weighted by molar-refractivity contribution is -0.141. The van der Waals surface area contributed by atoms with Crippen molar-refractivity contribution >= 4 is 5.97 Å². The molecule has 3 nitrogen and oxygen atoms in total. The number of hydrogen-bond acceptors (Lipinski definition) is 2. The van der Waals surface area contributed by atoms with Gasteiger partial charge in [-0.25, -0.2) is 0 Å². The van der Waals surface area contributed by atoms with Crippen LogP contribution in [0.1, 0.15) is 20.3 Å². The lowest BCUT2D eigenvalue weighted by Crippen LogP contribution is -2.42. The second-order valence-electron chi connectivity index (χ2n) is 3.62. The molecular weight excluding hydrogens is 166 g/mol. The monoisotopic (exact) mass is 183 g/mol. The van der Waals surface area contributed by atoms with Crippen LogP contribution >= 0.6 is 0 Å². The van der Waals surface area contributed by atoms with Crippen LogP contribution in [0.2, 0.25) is 0 Å². The van der Waals surface area contributed by atoms with Crippen molar-refractivity contribution in [2.45, 2.75) is 26.3 Å². The van der Waals surface area contributed by atoms with Gasteiger partial charge in [-0.05, 0) is 39.4 Å². The number of aliphatic carboxylic acids is 1. The van der Waals surface area contributed by atoms with Gasteiger partial charge in [0.05, 0.1) is 5.92 Å². The van der Waals surface area contributed by atoms with Crippen molar-refractivity contribution in [3.63, 3.8) is 0 Å². The minimum absolute atomic E-state index is 0.264. The Hall–Kier alpha value is -0.830. The zero-order chi connectivity index (χ0) is 10.0. The predicted octanol–water partition coefficient (Wildman–Crippen LogP) is 1.36. The Balaban J connectivity index is 2.85. The van der Waals surface area contributed by atoms with Gasteiger partial charge in [-0.2, -0.15) is 0 Å². The standard InChI is InChI=1S/C10H17NO2/c1-4-8-7(2)11(3)6-5-9(8)10(12)13/h4,7,9H,5-6H2,1-3H3,(H,12,13)/b8-4-. The van der Waals surface area contributed by atoms with Crippen LogP contribution in [0.3, 0.4) is 0 Å². The maximum Gasteiger partial charge on any atom is 0.310 e. The largest absolute Gasteiger partial charge is 0.481 e. The Bertz CT molecular complexity index is 235. The summed E-state index contributed by atoms with van der Waals surface area (Å²) in [6, 6.07) is 0.264. The molecule has 1 saturated heterocycles. The van der Waals surface area contributed by atoms with Gasteiger partial charge in [0.1, 0.15) is 0 Å². The first-order valence-electron chi connectivity index (χ1n) is 4.67. The lowest BCUT2D eigenvalue weighted by atomic mass is 9.86. The van der Waals surface area contributed by atoms with Crippen molar-refractivity contribution in [3.05, 3.63) is 11.6 Å². The predicted molar refractivity (Wildman–Crippen MR) is 51.6 cm³/mol. The number of nitrogens with zero attached hydrogens (tertiary/aromatic N) is 1. The number of carboxylic acids is 1. The Morgan fingerprint density at radius 3 is 2.77 bits per heavy atom. The smallest absolute Gasteiger partial charge is 0.310 e. The molecule has 0 saturated carbocycles. The van der Waals surface area contributed by atoms with Gasteiger partial charge < -0.3 is 5.11 Å². The van der Waals surface area contributed by atoms with E-state index in [-0.39, 0.29) is 12.0 Å². The SMILES string of the molecule is C/C=C1\C(C(=O)O)CCN(C)C1C. The summed E-state index contributed by atoms with van der Waals surface area (Å²) in [6.45, 7) is 4.85. The molecule has 2 unspecified atom stereocenters. The van der Waals surface area contributed by atoms with Crippen molar-refractivity contribution in [1.29, 1.82) is 0 Å². The highest BCUT2D eigenvalue weighted by Crippen LogP contribution is 2.27. The van der Waals surface area contributed by atoms with E-state index in [0.29, 0.717) is 0 Å². The van der Waals surface area contributed by atoms with Crippen LogP contribution in [0.4, 0.5) is 0 Å². The number of rotatable bonds is 1. The average molecular weight is 183 g/mol. The Morgan fingerprint density at radius 2 is 2.31 bits per heavy atom. The van der Waals surface area contributed by atoms with E-state index in [2.05, 4.69) is 11.8 Å². The van der Waals surface area contributed by atoms with Crippen LogP contribution in [-0.2, 0) is 4.79 Å². The molecule has 13 heavy (non-hydrogen) atoms. The minimum atomic E-state index is -0.687. The molecule has 0 aliphatic carbocycles. The third-order valence-corrected chi connectivity index (χ3v) is 2.95. The first-order valence-corrected chi connectivity index (χ1v) is 4.67. The molecule has 1 N–H and O–H groups in total. The second kappa shape index (κ2) is 3.92. The molecule has 0 aromatic heterocycles. The summed E-state index contributed by atoms with van der Waals surface area (Å²) < 4.78 is 0. The minimum Gasteiger partial charge on any atom is -0.481 e. The van der Waals surface area contributed by atoms with Crippen LogP contribution in [0.5, 0.6) is 0 Å². The van der Waals surface area contributed by atoms with Gasteiger partial charge >= 0.3 is 5.97 Å². The van der Waals surface area contributed by atoms with E-state index in [1.807, 2.05) is 20.0 Å². The van der Waals surface area contributed by atoms with Gasteiger partial charge in [-0.15, -0.1) is 0 Å².